The lowest BCUT2D eigenvalue weighted by molar-refractivity contribution is -0.136. The highest BCUT2D eigenvalue weighted by atomic mass is 32.2. The molecule has 32 heavy (non-hydrogen) atoms. The van der Waals surface area contributed by atoms with E-state index in [-0.39, 0.29) is 22.0 Å². The molecule has 0 N–H and O–H groups in total. The van der Waals surface area contributed by atoms with Crippen LogP contribution in [0.25, 0.3) is 0 Å². The number of carbonyl (C=O) groups excluding carboxylic acids is 2. The van der Waals surface area contributed by atoms with Gasteiger partial charge < -0.3 is 9.64 Å². The maximum atomic E-state index is 13.0. The number of nitrogens with zero attached hydrogens (tertiary/aromatic N) is 2. The Hall–Kier alpha value is -1.98. The van der Waals surface area contributed by atoms with Gasteiger partial charge in [0.25, 0.3) is 5.91 Å². The lowest BCUT2D eigenvalue weighted by Crippen LogP contribution is -2.43. The summed E-state index contributed by atoms with van der Waals surface area (Å²) < 4.78 is 56.1. The van der Waals surface area contributed by atoms with Crippen molar-refractivity contribution >= 4 is 31.7 Å². The summed E-state index contributed by atoms with van der Waals surface area (Å²) in [4.78, 5) is 26.6. The summed E-state index contributed by atoms with van der Waals surface area (Å²) >= 11 is 0. The number of rotatable bonds is 7. The molecule has 2 fully saturated rings. The number of esters is 1. The van der Waals surface area contributed by atoms with Crippen molar-refractivity contribution in [2.24, 2.45) is 0 Å². The first-order chi connectivity index (χ1) is 15.0. The Balaban J connectivity index is 1.69. The fourth-order valence-electron chi connectivity index (χ4n) is 4.20. The molecule has 0 unspecified atom stereocenters. The number of hydrogen-bond acceptors (Lipinski definition) is 7. The number of likely N-dealkylation sites (N-methyl/N-ethyl adjacent to an activating group) is 1. The zero-order valence-electron chi connectivity index (χ0n) is 18.4. The Morgan fingerprint density at radius 3 is 2.47 bits per heavy atom. The van der Waals surface area contributed by atoms with Gasteiger partial charge in [0.2, 0.25) is 10.0 Å². The minimum Gasteiger partial charge on any atom is -0.452 e. The zero-order chi connectivity index (χ0) is 23.5. The van der Waals surface area contributed by atoms with E-state index < -0.39 is 44.4 Å². The molecule has 1 amide bonds. The van der Waals surface area contributed by atoms with Crippen molar-refractivity contribution in [2.75, 3.05) is 37.7 Å². The Bertz CT molecular complexity index is 1080. The molecule has 2 saturated heterocycles. The molecular weight excluding hydrogens is 456 g/mol. The van der Waals surface area contributed by atoms with Gasteiger partial charge in [0.05, 0.1) is 22.0 Å². The van der Waals surface area contributed by atoms with Crippen LogP contribution in [-0.4, -0.2) is 81.7 Å². The quantitative estimate of drug-likeness (QED) is 0.534. The van der Waals surface area contributed by atoms with E-state index in [0.29, 0.717) is 31.6 Å². The minimum absolute atomic E-state index is 0.0405. The highest BCUT2D eigenvalue weighted by Gasteiger charge is 2.34. The molecule has 0 bridgehead atoms. The van der Waals surface area contributed by atoms with E-state index >= 15 is 0 Å². The third-order valence-corrected chi connectivity index (χ3v) is 9.78. The Morgan fingerprint density at radius 1 is 1.19 bits per heavy atom. The van der Waals surface area contributed by atoms with Crippen LogP contribution in [0.5, 0.6) is 0 Å². The first-order valence-electron chi connectivity index (χ1n) is 10.8. The Morgan fingerprint density at radius 2 is 1.88 bits per heavy atom. The molecule has 1 aromatic rings. The second-order valence-corrected chi connectivity index (χ2v) is 12.4. The topological polar surface area (TPSA) is 118 Å². The molecule has 0 spiro atoms. The van der Waals surface area contributed by atoms with E-state index in [2.05, 4.69) is 0 Å². The summed E-state index contributed by atoms with van der Waals surface area (Å²) in [6.45, 7) is 4.08. The van der Waals surface area contributed by atoms with Gasteiger partial charge in [-0.1, -0.05) is 12.5 Å². The van der Waals surface area contributed by atoms with Crippen LogP contribution in [0, 0.1) is 6.92 Å². The molecule has 1 atom stereocenters. The first-order valence-corrected chi connectivity index (χ1v) is 14.1. The number of amides is 1. The van der Waals surface area contributed by atoms with Crippen LogP contribution in [0.2, 0.25) is 0 Å². The molecule has 2 heterocycles. The fourth-order valence-corrected chi connectivity index (χ4v) is 7.70. The maximum absolute atomic E-state index is 13.0. The van der Waals surface area contributed by atoms with Gasteiger partial charge in [-0.15, -0.1) is 0 Å². The summed E-state index contributed by atoms with van der Waals surface area (Å²) in [5.41, 5.74) is 0.577. The monoisotopic (exact) mass is 486 g/mol. The predicted molar refractivity (Wildman–Crippen MR) is 119 cm³/mol. The Labute approximate surface area is 189 Å². The molecule has 1 aromatic carbocycles. The molecule has 11 heteroatoms. The van der Waals surface area contributed by atoms with E-state index in [1.165, 1.54) is 21.3 Å². The van der Waals surface area contributed by atoms with Gasteiger partial charge in [-0.25, -0.2) is 21.6 Å². The van der Waals surface area contributed by atoms with Crippen LogP contribution in [0.15, 0.2) is 23.1 Å². The van der Waals surface area contributed by atoms with Crippen molar-refractivity contribution in [3.63, 3.8) is 0 Å². The molecule has 9 nitrogen and oxygen atoms in total. The second-order valence-electron chi connectivity index (χ2n) is 8.26. The third-order valence-electron chi connectivity index (χ3n) is 5.99. The van der Waals surface area contributed by atoms with Crippen molar-refractivity contribution in [2.45, 2.75) is 50.5 Å². The standard InChI is InChI=1S/C21H30N2O7S2/c1-3-23(18-9-12-31(26,27)15-18)20(24)14-30-21(25)17-8-7-16(2)19(13-17)32(28,29)22-10-5-4-6-11-22/h7-8,13,18H,3-6,9-12,14-15H2,1-2H3/t18-/m1/s1. The molecular formula is C21H30N2O7S2. The number of hydrogen-bond donors (Lipinski definition) is 0. The third kappa shape index (κ3) is 5.49. The molecule has 0 radical (unpaired) electrons. The van der Waals surface area contributed by atoms with Crippen molar-refractivity contribution in [3.8, 4) is 0 Å². The molecule has 0 aromatic heterocycles. The van der Waals surface area contributed by atoms with Gasteiger partial charge in [-0.3, -0.25) is 4.79 Å². The summed E-state index contributed by atoms with van der Waals surface area (Å²) in [7, 11) is -6.88. The zero-order valence-corrected chi connectivity index (χ0v) is 20.1. The number of ether oxygens (including phenoxy) is 1. The van der Waals surface area contributed by atoms with Gasteiger partial charge >= 0.3 is 5.97 Å². The van der Waals surface area contributed by atoms with E-state index in [1.807, 2.05) is 0 Å². The largest absolute Gasteiger partial charge is 0.452 e. The average molecular weight is 487 g/mol. The minimum atomic E-state index is -3.73. The fraction of sp³-hybridized carbons (Fsp3) is 0.619. The van der Waals surface area contributed by atoms with Crippen LogP contribution in [-0.2, 0) is 29.4 Å². The average Bonchev–Trinajstić information content (AvgIpc) is 3.12. The van der Waals surface area contributed by atoms with Crippen LogP contribution in [0.1, 0.15) is 48.5 Å². The van der Waals surface area contributed by atoms with E-state index in [1.54, 1.807) is 19.9 Å². The summed E-state index contributed by atoms with van der Waals surface area (Å²) in [5.74, 6) is -1.32. The number of benzene rings is 1. The molecule has 0 saturated carbocycles. The van der Waals surface area contributed by atoms with E-state index in [9.17, 15) is 26.4 Å². The summed E-state index contributed by atoms with van der Waals surface area (Å²) in [6, 6.07) is 3.90. The number of sulfone groups is 1. The van der Waals surface area contributed by atoms with Crippen LogP contribution >= 0.6 is 0 Å². The highest BCUT2D eigenvalue weighted by molar-refractivity contribution is 7.91. The summed E-state index contributed by atoms with van der Waals surface area (Å²) in [5, 5.41) is 0. The van der Waals surface area contributed by atoms with Crippen LogP contribution < -0.4 is 0 Å². The van der Waals surface area contributed by atoms with Crippen molar-refractivity contribution in [3.05, 3.63) is 29.3 Å². The highest BCUT2D eigenvalue weighted by Crippen LogP contribution is 2.25. The SMILES string of the molecule is CCN(C(=O)COC(=O)c1ccc(C)c(S(=O)(=O)N2CCCCC2)c1)[C@@H]1CCS(=O)(=O)C1. The lowest BCUT2D eigenvalue weighted by Gasteiger charge is -2.27. The molecule has 0 aliphatic carbocycles. The van der Waals surface area contributed by atoms with Crippen molar-refractivity contribution in [1.82, 2.24) is 9.21 Å². The number of carbonyl (C=O) groups is 2. The maximum Gasteiger partial charge on any atom is 0.338 e. The van der Waals surface area contributed by atoms with Crippen LogP contribution in [0.3, 0.4) is 0 Å². The lowest BCUT2D eigenvalue weighted by atomic mass is 10.1. The number of sulfonamides is 1. The van der Waals surface area contributed by atoms with Gasteiger partial charge in [0.1, 0.15) is 0 Å². The van der Waals surface area contributed by atoms with Gasteiger partial charge in [0, 0.05) is 25.7 Å². The van der Waals surface area contributed by atoms with Crippen LogP contribution in [0.4, 0.5) is 0 Å². The second kappa shape index (κ2) is 9.88. The Kier molecular flexibility index (Phi) is 7.61. The molecule has 2 aliphatic rings. The van der Waals surface area contributed by atoms with E-state index in [4.69, 9.17) is 4.74 Å². The summed E-state index contributed by atoms with van der Waals surface area (Å²) in [6.07, 6.45) is 2.97. The molecule has 2 aliphatic heterocycles. The number of piperidine rings is 1. The first kappa shape index (κ1) is 24.7. The molecule has 3 rings (SSSR count). The van der Waals surface area contributed by atoms with Crippen molar-refractivity contribution in [1.29, 1.82) is 0 Å². The van der Waals surface area contributed by atoms with Crippen molar-refractivity contribution < 1.29 is 31.2 Å². The normalized spacial score (nSPS) is 21.2. The van der Waals surface area contributed by atoms with Gasteiger partial charge in [-0.05, 0) is 50.8 Å². The van der Waals surface area contributed by atoms with Gasteiger partial charge in [-0.2, -0.15) is 4.31 Å². The predicted octanol–water partition coefficient (Wildman–Crippen LogP) is 1.36. The number of aryl methyl sites for hydroxylation is 1. The van der Waals surface area contributed by atoms with Gasteiger partial charge in [0.15, 0.2) is 16.4 Å². The molecule has 178 valence electrons. The smallest absolute Gasteiger partial charge is 0.338 e. The van der Waals surface area contributed by atoms with E-state index in [0.717, 1.165) is 19.3 Å².